The maximum Gasteiger partial charge on any atom is 0.338 e. The van der Waals surface area contributed by atoms with Gasteiger partial charge >= 0.3 is 12.0 Å². The van der Waals surface area contributed by atoms with Crippen molar-refractivity contribution in [1.29, 1.82) is 0 Å². The summed E-state index contributed by atoms with van der Waals surface area (Å²) in [4.78, 5) is 27.8. The lowest BCUT2D eigenvalue weighted by molar-refractivity contribution is -0.139. The molecule has 1 aliphatic heterocycles. The van der Waals surface area contributed by atoms with E-state index >= 15 is 0 Å². The topological polar surface area (TPSA) is 67.4 Å². The Morgan fingerprint density at radius 2 is 1.93 bits per heavy atom. The zero-order valence-corrected chi connectivity index (χ0v) is 18.1. The van der Waals surface area contributed by atoms with Crippen molar-refractivity contribution < 1.29 is 14.3 Å². The average Bonchev–Trinajstić information content (AvgIpc) is 3.01. The number of thiophene rings is 1. The van der Waals surface area contributed by atoms with Crippen LogP contribution in [0.25, 0.3) is 0 Å². The highest BCUT2D eigenvalue weighted by Crippen LogP contribution is 2.36. The number of benzene rings is 1. The molecular formula is C21H24N2O3S2. The summed E-state index contributed by atoms with van der Waals surface area (Å²) in [6, 6.07) is 9.76. The third-order valence-corrected chi connectivity index (χ3v) is 6.72. The van der Waals surface area contributed by atoms with Gasteiger partial charge in [-0.3, -0.25) is 0 Å². The molecule has 1 aromatic carbocycles. The van der Waals surface area contributed by atoms with Gasteiger partial charge in [0.05, 0.1) is 18.2 Å². The molecule has 0 spiro atoms. The number of hydrogen-bond donors (Lipinski definition) is 2. The van der Waals surface area contributed by atoms with Crippen LogP contribution in [0, 0.1) is 13.8 Å². The molecule has 0 aliphatic carbocycles. The molecule has 3 rings (SSSR count). The molecule has 0 saturated heterocycles. The van der Waals surface area contributed by atoms with Crippen LogP contribution in [0.1, 0.15) is 40.8 Å². The first-order valence-corrected chi connectivity index (χ1v) is 10.9. The SMILES string of the molecule is CCOC(=O)C1=C(C)NC(=O)NC1c1cc(CSc2ccc(C)cc2)c(C)s1. The van der Waals surface area contributed by atoms with Gasteiger partial charge in [-0.2, -0.15) is 0 Å². The number of aryl methyl sites for hydroxylation is 2. The van der Waals surface area contributed by atoms with E-state index in [1.54, 1.807) is 36.9 Å². The van der Waals surface area contributed by atoms with E-state index in [4.69, 9.17) is 4.74 Å². The molecule has 1 aromatic heterocycles. The number of urea groups is 1. The minimum atomic E-state index is -0.491. The fourth-order valence-electron chi connectivity index (χ4n) is 3.01. The monoisotopic (exact) mass is 416 g/mol. The van der Waals surface area contributed by atoms with E-state index in [0.717, 1.165) is 10.6 Å². The summed E-state index contributed by atoms with van der Waals surface area (Å²) < 4.78 is 5.20. The van der Waals surface area contributed by atoms with Gasteiger partial charge in [0.1, 0.15) is 0 Å². The number of esters is 1. The number of hydrogen-bond acceptors (Lipinski definition) is 5. The zero-order chi connectivity index (χ0) is 20.3. The highest BCUT2D eigenvalue weighted by atomic mass is 32.2. The van der Waals surface area contributed by atoms with E-state index in [2.05, 4.69) is 54.8 Å². The summed E-state index contributed by atoms with van der Waals surface area (Å²) in [7, 11) is 0. The van der Waals surface area contributed by atoms with Crippen molar-refractivity contribution in [3.8, 4) is 0 Å². The van der Waals surface area contributed by atoms with Crippen LogP contribution in [0.3, 0.4) is 0 Å². The Morgan fingerprint density at radius 3 is 2.61 bits per heavy atom. The Bertz CT molecular complexity index is 916. The van der Waals surface area contributed by atoms with Gasteiger partial charge in [0, 0.05) is 26.1 Å². The molecule has 1 unspecified atom stereocenters. The summed E-state index contributed by atoms with van der Waals surface area (Å²) in [6.45, 7) is 7.94. The average molecular weight is 417 g/mol. The molecule has 0 fully saturated rings. The highest BCUT2D eigenvalue weighted by molar-refractivity contribution is 7.98. The Morgan fingerprint density at radius 1 is 1.21 bits per heavy atom. The van der Waals surface area contributed by atoms with Crippen molar-refractivity contribution in [1.82, 2.24) is 10.6 Å². The number of rotatable bonds is 6. The molecule has 28 heavy (non-hydrogen) atoms. The third-order valence-electron chi connectivity index (χ3n) is 4.50. The summed E-state index contributed by atoms with van der Waals surface area (Å²) in [5.74, 6) is 0.431. The minimum Gasteiger partial charge on any atom is -0.463 e. The number of thioether (sulfide) groups is 1. The van der Waals surface area contributed by atoms with Gasteiger partial charge in [0.15, 0.2) is 0 Å². The third kappa shape index (κ3) is 4.59. The largest absolute Gasteiger partial charge is 0.463 e. The number of allylic oxidation sites excluding steroid dienone is 1. The molecule has 0 bridgehead atoms. The molecule has 2 aromatic rings. The van der Waals surface area contributed by atoms with Crippen molar-refractivity contribution >= 4 is 35.1 Å². The first kappa shape index (κ1) is 20.5. The molecule has 148 valence electrons. The van der Waals surface area contributed by atoms with Crippen molar-refractivity contribution in [3.05, 3.63) is 62.5 Å². The van der Waals surface area contributed by atoms with E-state index < -0.39 is 12.0 Å². The van der Waals surface area contributed by atoms with Crippen LogP contribution < -0.4 is 10.6 Å². The molecule has 7 heteroatoms. The molecular weight excluding hydrogens is 392 g/mol. The molecule has 2 heterocycles. The number of carbonyl (C=O) groups excluding carboxylic acids is 2. The molecule has 1 aliphatic rings. The van der Waals surface area contributed by atoms with Crippen LogP contribution in [0.4, 0.5) is 4.79 Å². The van der Waals surface area contributed by atoms with Crippen LogP contribution >= 0.6 is 23.1 Å². The van der Waals surface area contributed by atoms with Gasteiger partial charge in [-0.15, -0.1) is 23.1 Å². The summed E-state index contributed by atoms with van der Waals surface area (Å²) >= 11 is 3.38. The van der Waals surface area contributed by atoms with Crippen molar-refractivity contribution in [2.24, 2.45) is 0 Å². The van der Waals surface area contributed by atoms with E-state index in [-0.39, 0.29) is 12.6 Å². The van der Waals surface area contributed by atoms with Crippen molar-refractivity contribution in [3.63, 3.8) is 0 Å². The fraction of sp³-hybridized carbons (Fsp3) is 0.333. The van der Waals surface area contributed by atoms with E-state index in [0.29, 0.717) is 11.3 Å². The minimum absolute atomic E-state index is 0.290. The summed E-state index contributed by atoms with van der Waals surface area (Å²) in [5, 5.41) is 5.54. The van der Waals surface area contributed by atoms with Gasteiger partial charge in [-0.1, -0.05) is 17.7 Å². The molecule has 5 nitrogen and oxygen atoms in total. The van der Waals surface area contributed by atoms with E-state index in [9.17, 15) is 9.59 Å². The van der Waals surface area contributed by atoms with Crippen LogP contribution in [0.15, 0.2) is 46.5 Å². The lowest BCUT2D eigenvalue weighted by atomic mass is 10.0. The number of amides is 2. The Labute approximate surface area is 173 Å². The van der Waals surface area contributed by atoms with Gasteiger partial charge in [-0.05, 0) is 51.5 Å². The second-order valence-corrected chi connectivity index (χ2v) is 8.96. The smallest absolute Gasteiger partial charge is 0.338 e. The normalized spacial score (nSPS) is 16.6. The number of nitrogens with one attached hydrogen (secondary N) is 2. The maximum absolute atomic E-state index is 12.5. The first-order chi connectivity index (χ1) is 13.4. The van der Waals surface area contributed by atoms with Gasteiger partial charge in [0.25, 0.3) is 0 Å². The second-order valence-electron chi connectivity index (χ2n) is 6.62. The Kier molecular flexibility index (Phi) is 6.46. The lowest BCUT2D eigenvalue weighted by Gasteiger charge is -2.27. The van der Waals surface area contributed by atoms with Crippen molar-refractivity contribution in [2.45, 2.75) is 44.4 Å². The maximum atomic E-state index is 12.5. The standard InChI is InChI=1S/C21H24N2O3S2/c1-5-26-20(24)18-13(3)22-21(25)23-19(18)17-10-15(14(4)28-17)11-27-16-8-6-12(2)7-9-16/h6-10,19H,5,11H2,1-4H3,(H2,22,23,25). The molecule has 0 saturated carbocycles. The lowest BCUT2D eigenvalue weighted by Crippen LogP contribution is -2.45. The Balaban J connectivity index is 1.83. The van der Waals surface area contributed by atoms with Crippen LogP contribution in [0.5, 0.6) is 0 Å². The molecule has 2 amide bonds. The van der Waals surface area contributed by atoms with Crippen LogP contribution in [-0.4, -0.2) is 18.6 Å². The Hall–Kier alpha value is -2.25. The summed E-state index contributed by atoms with van der Waals surface area (Å²) in [6.07, 6.45) is 0. The van der Waals surface area contributed by atoms with Crippen LogP contribution in [-0.2, 0) is 15.3 Å². The highest BCUT2D eigenvalue weighted by Gasteiger charge is 2.33. The molecule has 2 N–H and O–H groups in total. The molecule has 1 atom stereocenters. The number of carbonyl (C=O) groups is 2. The van der Waals surface area contributed by atoms with E-state index in [1.165, 1.54) is 20.9 Å². The van der Waals surface area contributed by atoms with Crippen LogP contribution in [0.2, 0.25) is 0 Å². The van der Waals surface area contributed by atoms with Gasteiger partial charge < -0.3 is 15.4 Å². The quantitative estimate of drug-likeness (QED) is 0.522. The number of ether oxygens (including phenoxy) is 1. The van der Waals surface area contributed by atoms with E-state index in [1.807, 2.05) is 0 Å². The molecule has 0 radical (unpaired) electrons. The second kappa shape index (κ2) is 8.84. The zero-order valence-electron chi connectivity index (χ0n) is 16.4. The fourth-order valence-corrected chi connectivity index (χ4v) is 5.17. The van der Waals surface area contributed by atoms with Gasteiger partial charge in [0.2, 0.25) is 0 Å². The predicted octanol–water partition coefficient (Wildman–Crippen LogP) is 4.85. The van der Waals surface area contributed by atoms with Crippen molar-refractivity contribution in [2.75, 3.05) is 6.61 Å². The first-order valence-electron chi connectivity index (χ1n) is 9.13. The van der Waals surface area contributed by atoms with Gasteiger partial charge in [-0.25, -0.2) is 9.59 Å². The predicted molar refractivity (Wildman–Crippen MR) is 114 cm³/mol. The summed E-state index contributed by atoms with van der Waals surface area (Å²) in [5.41, 5.74) is 3.45.